The molecule has 0 aliphatic carbocycles. The van der Waals surface area contributed by atoms with E-state index < -0.39 is 0 Å². The third-order valence-corrected chi connectivity index (χ3v) is 6.45. The van der Waals surface area contributed by atoms with E-state index in [0.29, 0.717) is 29.5 Å². The van der Waals surface area contributed by atoms with Crippen LogP contribution in [0.25, 0.3) is 0 Å². The number of aliphatic hydroxyl groups is 1. The van der Waals surface area contributed by atoms with Gasteiger partial charge in [0.1, 0.15) is 28.0 Å². The Bertz CT molecular complexity index is 1270. The lowest BCUT2D eigenvalue weighted by Crippen LogP contribution is -2.35. The topological polar surface area (TPSA) is 155 Å². The third-order valence-electron chi connectivity index (χ3n) is 5.70. The molecule has 2 aromatic heterocycles. The first-order chi connectivity index (χ1) is 16.2. The van der Waals surface area contributed by atoms with Crippen molar-refractivity contribution in [1.82, 2.24) is 14.7 Å². The smallest absolute Gasteiger partial charge is 0.263 e. The molecule has 1 aliphatic rings. The minimum absolute atomic E-state index is 0.101. The number of aromatic hydroxyl groups is 2. The molecule has 6 N–H and O–H groups in total. The van der Waals surface area contributed by atoms with E-state index in [2.05, 4.69) is 20.0 Å². The maximum absolute atomic E-state index is 13.3. The van der Waals surface area contributed by atoms with Gasteiger partial charge in [-0.3, -0.25) is 15.1 Å². The van der Waals surface area contributed by atoms with Gasteiger partial charge in [0, 0.05) is 24.0 Å². The molecule has 1 amide bonds. The number of anilines is 3. The van der Waals surface area contributed by atoms with Crippen LogP contribution in [0.2, 0.25) is 0 Å². The summed E-state index contributed by atoms with van der Waals surface area (Å²) in [6.07, 6.45) is 0.693. The van der Waals surface area contributed by atoms with Crippen molar-refractivity contribution >= 4 is 39.8 Å². The highest BCUT2D eigenvalue weighted by molar-refractivity contribution is 7.11. The molecule has 0 radical (unpaired) electrons. The largest absolute Gasteiger partial charge is 0.507 e. The zero-order valence-corrected chi connectivity index (χ0v) is 19.8. The monoisotopic (exact) mass is 482 g/mol. The molecule has 34 heavy (non-hydrogen) atoms. The van der Waals surface area contributed by atoms with Crippen LogP contribution in [0.15, 0.2) is 24.3 Å². The Morgan fingerprint density at radius 3 is 2.79 bits per heavy atom. The van der Waals surface area contributed by atoms with Gasteiger partial charge in [0.15, 0.2) is 0 Å². The van der Waals surface area contributed by atoms with Gasteiger partial charge in [-0.25, -0.2) is 4.98 Å². The molecule has 178 valence electrons. The van der Waals surface area contributed by atoms with Crippen molar-refractivity contribution < 1.29 is 20.1 Å². The van der Waals surface area contributed by atoms with Gasteiger partial charge in [-0.2, -0.15) is 4.37 Å². The number of amides is 1. The second-order valence-electron chi connectivity index (χ2n) is 8.25. The standard InChI is InChI=1S/C23H26N6O4S/c1-11-8-14-6-7-29(20(14)26-13(11)3)23(33)16-9-15(4-5-17(16)31)27-22-18(21(32)28-34-22)19(24)25-12(2)10-30/h4-5,8-9,12,27,30-31H,6-7,10H2,1-3H3,(H2,24,25)(H,28,32). The fourth-order valence-corrected chi connectivity index (χ4v) is 4.44. The molecule has 10 nitrogen and oxygen atoms in total. The van der Waals surface area contributed by atoms with Crippen LogP contribution in [0.5, 0.6) is 11.6 Å². The van der Waals surface area contributed by atoms with Crippen molar-refractivity contribution in [3.63, 3.8) is 0 Å². The number of phenolic OH excluding ortho intramolecular Hbond substituents is 1. The average Bonchev–Trinajstić information content (AvgIpc) is 3.37. The summed E-state index contributed by atoms with van der Waals surface area (Å²) in [4.78, 5) is 19.5. The second kappa shape index (κ2) is 9.27. The normalized spacial score (nSPS) is 13.5. The molecular formula is C23H26N6O4S. The van der Waals surface area contributed by atoms with Crippen LogP contribution in [-0.2, 0) is 6.42 Å². The van der Waals surface area contributed by atoms with Crippen molar-refractivity contribution in [1.29, 1.82) is 5.41 Å². The molecular weight excluding hydrogens is 456 g/mol. The number of rotatable bonds is 6. The fraction of sp³-hybridized carbons (Fsp3) is 0.304. The van der Waals surface area contributed by atoms with Crippen LogP contribution in [-0.4, -0.2) is 55.6 Å². The van der Waals surface area contributed by atoms with Gasteiger partial charge in [-0.1, -0.05) is 6.07 Å². The number of benzene rings is 1. The summed E-state index contributed by atoms with van der Waals surface area (Å²) in [5.41, 5.74) is 3.64. The molecule has 11 heteroatoms. The fourth-order valence-electron chi connectivity index (χ4n) is 3.72. The molecule has 0 saturated heterocycles. The van der Waals surface area contributed by atoms with Crippen LogP contribution in [0, 0.1) is 19.3 Å². The number of nitrogens with zero attached hydrogens (tertiary/aromatic N) is 3. The number of hydrogen-bond donors (Lipinski definition) is 6. The predicted octanol–water partition coefficient (Wildman–Crippen LogP) is 2.81. The molecule has 1 unspecified atom stereocenters. The summed E-state index contributed by atoms with van der Waals surface area (Å²) in [6.45, 7) is 5.87. The molecule has 3 aromatic rings. The van der Waals surface area contributed by atoms with Crippen molar-refractivity contribution in [2.75, 3.05) is 23.4 Å². The minimum atomic E-state index is -0.387. The summed E-state index contributed by atoms with van der Waals surface area (Å²) >= 11 is 0.949. The Kier molecular flexibility index (Phi) is 6.40. The van der Waals surface area contributed by atoms with E-state index in [-0.39, 0.29) is 47.1 Å². The molecule has 0 saturated carbocycles. The van der Waals surface area contributed by atoms with Gasteiger partial charge >= 0.3 is 0 Å². The Labute approximate surface area is 200 Å². The van der Waals surface area contributed by atoms with E-state index in [9.17, 15) is 20.1 Å². The van der Waals surface area contributed by atoms with Crippen molar-refractivity contribution in [2.45, 2.75) is 33.2 Å². The summed E-state index contributed by atoms with van der Waals surface area (Å²) in [5, 5.41) is 44.3. The van der Waals surface area contributed by atoms with Crippen LogP contribution in [0.1, 0.15) is 39.7 Å². The number of carbonyl (C=O) groups is 1. The lowest BCUT2D eigenvalue weighted by molar-refractivity contribution is 0.0986. The summed E-state index contributed by atoms with van der Waals surface area (Å²) in [6, 6.07) is 6.18. The molecule has 1 aromatic carbocycles. The molecule has 0 bridgehead atoms. The Morgan fingerprint density at radius 1 is 1.29 bits per heavy atom. The van der Waals surface area contributed by atoms with Gasteiger partial charge < -0.3 is 26.0 Å². The molecule has 4 rings (SSSR count). The predicted molar refractivity (Wildman–Crippen MR) is 131 cm³/mol. The summed E-state index contributed by atoms with van der Waals surface area (Å²) < 4.78 is 3.90. The van der Waals surface area contributed by atoms with E-state index >= 15 is 0 Å². The van der Waals surface area contributed by atoms with E-state index in [4.69, 9.17) is 5.41 Å². The van der Waals surface area contributed by atoms with Crippen LogP contribution in [0.4, 0.5) is 16.5 Å². The van der Waals surface area contributed by atoms with E-state index in [1.165, 1.54) is 12.1 Å². The number of aryl methyl sites for hydroxylation is 2. The number of aliphatic hydroxyl groups excluding tert-OH is 1. The average molecular weight is 483 g/mol. The number of fused-ring (bicyclic) bond motifs is 1. The minimum Gasteiger partial charge on any atom is -0.507 e. The second-order valence-corrected chi connectivity index (χ2v) is 9.02. The Morgan fingerprint density at radius 2 is 2.06 bits per heavy atom. The summed E-state index contributed by atoms with van der Waals surface area (Å²) in [5.74, 6) is -0.343. The number of phenols is 1. The number of hydrogen-bond acceptors (Lipinski definition) is 9. The number of amidine groups is 1. The van der Waals surface area contributed by atoms with Gasteiger partial charge in [-0.05, 0) is 68.1 Å². The van der Waals surface area contributed by atoms with Gasteiger partial charge in [-0.15, -0.1) is 0 Å². The first kappa shape index (κ1) is 23.5. The van der Waals surface area contributed by atoms with Gasteiger partial charge in [0.2, 0.25) is 5.88 Å². The van der Waals surface area contributed by atoms with Crippen molar-refractivity contribution in [2.24, 2.45) is 0 Å². The maximum atomic E-state index is 13.3. The lowest BCUT2D eigenvalue weighted by Gasteiger charge is -2.19. The molecule has 1 atom stereocenters. The zero-order chi connectivity index (χ0) is 24.6. The van der Waals surface area contributed by atoms with Crippen molar-refractivity contribution in [3.05, 3.63) is 52.2 Å². The number of aromatic nitrogens is 2. The molecule has 3 heterocycles. The Balaban J connectivity index is 1.61. The highest BCUT2D eigenvalue weighted by atomic mass is 32.1. The van der Waals surface area contributed by atoms with E-state index in [1.807, 2.05) is 19.9 Å². The Hall–Kier alpha value is -3.70. The SMILES string of the molecule is Cc1cc2c(nc1C)N(C(=O)c1cc(Nc3snc(O)c3C(=N)NC(C)CO)ccc1O)CC2. The summed E-state index contributed by atoms with van der Waals surface area (Å²) in [7, 11) is 0. The van der Waals surface area contributed by atoms with Crippen LogP contribution < -0.4 is 15.5 Å². The first-order valence-corrected chi connectivity index (χ1v) is 11.5. The zero-order valence-electron chi connectivity index (χ0n) is 19.0. The van der Waals surface area contributed by atoms with Crippen LogP contribution in [0.3, 0.4) is 0 Å². The van der Waals surface area contributed by atoms with E-state index in [0.717, 1.165) is 28.4 Å². The van der Waals surface area contributed by atoms with Crippen molar-refractivity contribution in [3.8, 4) is 11.6 Å². The highest BCUT2D eigenvalue weighted by Gasteiger charge is 2.29. The first-order valence-electron chi connectivity index (χ1n) is 10.7. The lowest BCUT2D eigenvalue weighted by atomic mass is 10.1. The highest BCUT2D eigenvalue weighted by Crippen LogP contribution is 2.35. The van der Waals surface area contributed by atoms with Crippen LogP contribution >= 0.6 is 11.5 Å². The third kappa shape index (κ3) is 4.39. The molecule has 0 spiro atoms. The van der Waals surface area contributed by atoms with Gasteiger partial charge in [0.05, 0.1) is 12.2 Å². The maximum Gasteiger partial charge on any atom is 0.263 e. The quantitative estimate of drug-likeness (QED) is 0.178. The van der Waals surface area contributed by atoms with Gasteiger partial charge in [0.25, 0.3) is 5.91 Å². The number of pyridine rings is 1. The number of carbonyl (C=O) groups excluding carboxylic acids is 1. The molecule has 1 aliphatic heterocycles. The van der Waals surface area contributed by atoms with E-state index in [1.54, 1.807) is 17.9 Å². The number of nitrogens with one attached hydrogen (secondary N) is 3. The molecule has 0 fully saturated rings.